The van der Waals surface area contributed by atoms with Crippen molar-refractivity contribution in [2.24, 2.45) is 50.7 Å². The molecule has 0 amide bonds. The minimum atomic E-state index is -2.56. The second kappa shape index (κ2) is 14.0. The minimum Gasteiger partial charge on any atom is -0.414 e. The molecule has 7 rings (SSSR count). The molecule has 5 saturated carbocycles. The SMILES string of the molecule is CC(C)=CCCC1(CO[Si](C)(c2ccccc2)c2ccccc2)CC12C1CC(O)C3C(C)(CCC4C(C)[C@H](O[Si](C)(C)C(C)(C)C)CC[C@@]43C)[C@@]1(C)C[C@@H]2O. The fraction of sp³-hybridized carbons (Fsp3) is 0.714. The first-order chi connectivity index (χ1) is 25.6. The lowest BCUT2D eigenvalue weighted by molar-refractivity contribution is -0.240. The van der Waals surface area contributed by atoms with Crippen molar-refractivity contribution < 1.29 is 19.1 Å². The summed E-state index contributed by atoms with van der Waals surface area (Å²) in [6, 6.07) is 21.8. The van der Waals surface area contributed by atoms with Crippen LogP contribution in [0.5, 0.6) is 0 Å². The van der Waals surface area contributed by atoms with Gasteiger partial charge in [0.15, 0.2) is 8.32 Å². The Morgan fingerprint density at radius 3 is 2.04 bits per heavy atom. The Balaban J connectivity index is 1.21. The van der Waals surface area contributed by atoms with Gasteiger partial charge in [0.2, 0.25) is 0 Å². The summed E-state index contributed by atoms with van der Waals surface area (Å²) in [6.45, 7) is 29.5. The molecule has 5 aliphatic carbocycles. The number of hydrogen-bond donors (Lipinski definition) is 2. The molecule has 12 atom stereocenters. The lowest BCUT2D eigenvalue weighted by atomic mass is 9.36. The van der Waals surface area contributed by atoms with Gasteiger partial charge >= 0.3 is 0 Å². The smallest absolute Gasteiger partial charge is 0.252 e. The van der Waals surface area contributed by atoms with E-state index in [0.29, 0.717) is 24.5 Å². The molecule has 0 radical (unpaired) electrons. The number of allylic oxidation sites excluding steroid dienone is 2. The summed E-state index contributed by atoms with van der Waals surface area (Å²) in [6.07, 6.45) is 11.1. The molecule has 0 bridgehead atoms. The van der Waals surface area contributed by atoms with Gasteiger partial charge in [-0.1, -0.05) is 121 Å². The molecular weight excluding hydrogens is 709 g/mol. The highest BCUT2D eigenvalue weighted by Crippen LogP contribution is 2.85. The van der Waals surface area contributed by atoms with Gasteiger partial charge < -0.3 is 19.1 Å². The topological polar surface area (TPSA) is 58.9 Å². The quantitative estimate of drug-likeness (QED) is 0.186. The van der Waals surface area contributed by atoms with Crippen LogP contribution in [0.3, 0.4) is 0 Å². The first-order valence-corrected chi connectivity index (χ1v) is 27.4. The van der Waals surface area contributed by atoms with E-state index in [2.05, 4.69) is 149 Å². The van der Waals surface area contributed by atoms with Crippen LogP contribution in [-0.4, -0.2) is 51.8 Å². The van der Waals surface area contributed by atoms with E-state index < -0.39 is 16.6 Å². The second-order valence-corrected chi connectivity index (χ2v) is 30.5. The minimum absolute atomic E-state index is 0.0512. The van der Waals surface area contributed by atoms with Crippen LogP contribution in [0.25, 0.3) is 0 Å². The second-order valence-electron chi connectivity index (χ2n) is 22.2. The van der Waals surface area contributed by atoms with Gasteiger partial charge in [0, 0.05) is 23.5 Å². The summed E-state index contributed by atoms with van der Waals surface area (Å²) < 4.78 is 14.7. The summed E-state index contributed by atoms with van der Waals surface area (Å²) in [7, 11) is -4.46. The van der Waals surface area contributed by atoms with E-state index in [4.69, 9.17) is 8.85 Å². The molecule has 5 fully saturated rings. The normalized spacial score (nSPS) is 41.3. The van der Waals surface area contributed by atoms with E-state index in [0.717, 1.165) is 51.4 Å². The maximum absolute atomic E-state index is 12.8. The molecule has 0 aromatic heterocycles. The molecule has 2 aromatic rings. The number of benzene rings is 2. The fourth-order valence-electron chi connectivity index (χ4n) is 14.1. The average Bonchev–Trinajstić information content (AvgIpc) is 3.72. The van der Waals surface area contributed by atoms with E-state index in [-0.39, 0.29) is 56.2 Å². The van der Waals surface area contributed by atoms with Crippen molar-refractivity contribution in [3.05, 3.63) is 72.3 Å². The van der Waals surface area contributed by atoms with E-state index in [1.54, 1.807) is 0 Å². The van der Waals surface area contributed by atoms with Crippen LogP contribution in [0, 0.1) is 50.7 Å². The third-order valence-corrected chi connectivity index (χ3v) is 26.5. The molecule has 0 aliphatic heterocycles. The van der Waals surface area contributed by atoms with Gasteiger partial charge in [-0.3, -0.25) is 0 Å². The summed E-state index contributed by atoms with van der Waals surface area (Å²) in [5.74, 6) is 1.51. The van der Waals surface area contributed by atoms with Crippen LogP contribution < -0.4 is 10.4 Å². The van der Waals surface area contributed by atoms with E-state index in [1.165, 1.54) is 22.4 Å². The van der Waals surface area contributed by atoms with Gasteiger partial charge in [0.25, 0.3) is 8.32 Å². The Kier molecular flexibility index (Phi) is 10.6. The predicted molar refractivity (Wildman–Crippen MR) is 234 cm³/mol. The van der Waals surface area contributed by atoms with Crippen molar-refractivity contribution in [1.29, 1.82) is 0 Å². The molecule has 55 heavy (non-hydrogen) atoms. The monoisotopic (exact) mass is 785 g/mol. The van der Waals surface area contributed by atoms with Crippen molar-refractivity contribution in [2.75, 3.05) is 6.61 Å². The molecule has 2 aromatic carbocycles. The highest BCUT2D eigenvalue weighted by atomic mass is 28.4. The van der Waals surface area contributed by atoms with Gasteiger partial charge in [0.05, 0.1) is 12.2 Å². The first-order valence-electron chi connectivity index (χ1n) is 22.0. The first kappa shape index (κ1) is 41.6. The molecule has 5 aliphatic rings. The Morgan fingerprint density at radius 1 is 0.873 bits per heavy atom. The molecule has 0 heterocycles. The van der Waals surface area contributed by atoms with Crippen molar-refractivity contribution >= 4 is 27.0 Å². The summed E-state index contributed by atoms with van der Waals surface area (Å²) in [5.41, 5.74) is 0.928. The highest BCUT2D eigenvalue weighted by molar-refractivity contribution is 6.96. The van der Waals surface area contributed by atoms with Crippen molar-refractivity contribution in [1.82, 2.24) is 0 Å². The molecule has 4 nitrogen and oxygen atoms in total. The van der Waals surface area contributed by atoms with Gasteiger partial charge in [-0.15, -0.1) is 0 Å². The van der Waals surface area contributed by atoms with Gasteiger partial charge in [0.1, 0.15) is 0 Å². The number of fused-ring (bicyclic) bond motifs is 6. The summed E-state index contributed by atoms with van der Waals surface area (Å²) in [4.78, 5) is 0. The average molecular weight is 785 g/mol. The largest absolute Gasteiger partial charge is 0.414 e. The van der Waals surface area contributed by atoms with Gasteiger partial charge in [-0.05, 0) is 147 Å². The zero-order chi connectivity index (χ0) is 40.0. The number of aliphatic hydroxyl groups is 2. The molecule has 6 heteroatoms. The third-order valence-electron chi connectivity index (χ3n) is 18.4. The summed E-state index contributed by atoms with van der Waals surface area (Å²) >= 11 is 0. The van der Waals surface area contributed by atoms with Gasteiger partial charge in [-0.2, -0.15) is 0 Å². The summed E-state index contributed by atoms with van der Waals surface area (Å²) in [5, 5.41) is 28.2. The maximum Gasteiger partial charge on any atom is 0.252 e. The zero-order valence-corrected chi connectivity index (χ0v) is 38.7. The molecule has 304 valence electrons. The Bertz CT molecular complexity index is 1680. The van der Waals surface area contributed by atoms with Crippen LogP contribution in [0.15, 0.2) is 72.3 Å². The molecule has 0 saturated heterocycles. The Labute approximate surface area is 337 Å². The molecule has 2 N–H and O–H groups in total. The van der Waals surface area contributed by atoms with Gasteiger partial charge in [-0.25, -0.2) is 0 Å². The standard InChI is InChI=1S/C49H76O4Si2/c1-34(2)20-19-27-48(33-52-55(12,36-21-15-13-16-22-36)37-23-17-14-18-24-37)32-49(48)41-30-39(50)43-45(7)28-26-40(53-54(10,11)44(4,5)6)35(3)38(45)25-29-46(43,8)47(41,9)31-42(49)51/h13-18,20-24,35,38-43,50-51H,19,25-33H2,1-12H3/t35?,38?,39?,40-,41?,42+,43?,45+,46?,47+,48?,49?/m1/s1. The van der Waals surface area contributed by atoms with E-state index in [9.17, 15) is 10.2 Å². The van der Waals surface area contributed by atoms with Crippen LogP contribution in [0.1, 0.15) is 120 Å². The van der Waals surface area contributed by atoms with Crippen LogP contribution in [0.4, 0.5) is 0 Å². The molecular formula is C49H76O4Si2. The van der Waals surface area contributed by atoms with Crippen LogP contribution in [-0.2, 0) is 8.85 Å². The van der Waals surface area contributed by atoms with Crippen molar-refractivity contribution in [3.8, 4) is 0 Å². The molecule has 8 unspecified atom stereocenters. The van der Waals surface area contributed by atoms with E-state index in [1.807, 2.05) is 0 Å². The number of hydrogen-bond acceptors (Lipinski definition) is 4. The lowest BCUT2D eigenvalue weighted by Gasteiger charge is -2.69. The number of aliphatic hydroxyl groups excluding tert-OH is 2. The van der Waals surface area contributed by atoms with Crippen LogP contribution in [0.2, 0.25) is 24.7 Å². The van der Waals surface area contributed by atoms with Crippen molar-refractivity contribution in [3.63, 3.8) is 0 Å². The highest BCUT2D eigenvalue weighted by Gasteiger charge is 2.83. The van der Waals surface area contributed by atoms with Crippen molar-refractivity contribution in [2.45, 2.75) is 163 Å². The zero-order valence-electron chi connectivity index (χ0n) is 36.7. The van der Waals surface area contributed by atoms with E-state index >= 15 is 0 Å². The molecule has 1 spiro atoms. The fourth-order valence-corrected chi connectivity index (χ4v) is 18.5. The predicted octanol–water partition coefficient (Wildman–Crippen LogP) is 10.5. The lowest BCUT2D eigenvalue weighted by Crippen LogP contribution is -2.66. The third kappa shape index (κ3) is 6.31. The maximum atomic E-state index is 12.8. The number of rotatable bonds is 10. The Hall–Kier alpha value is -1.55. The Morgan fingerprint density at radius 2 is 1.47 bits per heavy atom. The van der Waals surface area contributed by atoms with Crippen LogP contribution >= 0.6 is 0 Å².